The van der Waals surface area contributed by atoms with Crippen molar-refractivity contribution < 1.29 is 28.6 Å². The Bertz CT molecular complexity index is 1750. The van der Waals surface area contributed by atoms with Gasteiger partial charge >= 0.3 is 11.9 Å². The fraction of sp³-hybridized carbons (Fsp3) is 0.432. The number of amides is 1. The van der Waals surface area contributed by atoms with E-state index in [1.165, 1.54) is 25.7 Å². The summed E-state index contributed by atoms with van der Waals surface area (Å²) in [6, 6.07) is 24.5. The lowest BCUT2D eigenvalue weighted by Gasteiger charge is -2.30. The average molecular weight is 720 g/mol. The lowest BCUT2D eigenvalue weighted by molar-refractivity contribution is -0.164. The fourth-order valence-corrected chi connectivity index (χ4v) is 6.46. The molecule has 0 radical (unpaired) electrons. The van der Waals surface area contributed by atoms with Gasteiger partial charge in [-0.05, 0) is 75.3 Å². The number of hydrogen-bond donors (Lipinski definition) is 0. The number of carbonyl (C=O) groups is 3. The third kappa shape index (κ3) is 12.0. The predicted octanol–water partition coefficient (Wildman–Crippen LogP) is 8.78. The number of esters is 2. The molecule has 3 aromatic carbocycles. The molecule has 1 aliphatic heterocycles. The van der Waals surface area contributed by atoms with Crippen molar-refractivity contribution in [1.82, 2.24) is 14.9 Å². The summed E-state index contributed by atoms with van der Waals surface area (Å²) in [6.07, 6.45) is 11.1. The smallest absolute Gasteiger partial charge is 0.329 e. The first-order valence-corrected chi connectivity index (χ1v) is 19.0. The van der Waals surface area contributed by atoms with Crippen molar-refractivity contribution in [3.63, 3.8) is 0 Å². The molecule has 9 nitrogen and oxygen atoms in total. The Morgan fingerprint density at radius 1 is 0.811 bits per heavy atom. The van der Waals surface area contributed by atoms with E-state index in [1.807, 2.05) is 112 Å². The molecule has 2 atom stereocenters. The lowest BCUT2D eigenvalue weighted by Crippen LogP contribution is -2.46. The average Bonchev–Trinajstić information content (AvgIpc) is 3.66. The zero-order chi connectivity index (χ0) is 37.6. The molecule has 0 aliphatic carbocycles. The molecule has 0 saturated carbocycles. The van der Waals surface area contributed by atoms with Gasteiger partial charge in [0.1, 0.15) is 24.0 Å². The van der Waals surface area contributed by atoms with E-state index >= 15 is 0 Å². The van der Waals surface area contributed by atoms with Crippen LogP contribution in [0.25, 0.3) is 22.5 Å². The summed E-state index contributed by atoms with van der Waals surface area (Å²) in [6.45, 7) is 8.93. The molecule has 9 heteroatoms. The minimum atomic E-state index is -0.717. The maximum Gasteiger partial charge on any atom is 0.329 e. The molecule has 1 aliphatic rings. The highest BCUT2D eigenvalue weighted by molar-refractivity contribution is 5.89. The van der Waals surface area contributed by atoms with E-state index in [2.05, 4.69) is 16.9 Å². The van der Waals surface area contributed by atoms with E-state index in [-0.39, 0.29) is 18.9 Å². The maximum atomic E-state index is 14.1. The Kier molecular flexibility index (Phi) is 14.2. The summed E-state index contributed by atoms with van der Waals surface area (Å²) in [5.74, 6) is -0.412. The Morgan fingerprint density at radius 3 is 2.17 bits per heavy atom. The first-order chi connectivity index (χ1) is 25.6. The quantitative estimate of drug-likeness (QED) is 0.0788. The molecule has 53 heavy (non-hydrogen) atoms. The van der Waals surface area contributed by atoms with Crippen molar-refractivity contribution in [2.45, 2.75) is 104 Å². The van der Waals surface area contributed by atoms with Crippen LogP contribution in [0.5, 0.6) is 5.75 Å². The molecular weight excluding hydrogens is 666 g/mol. The van der Waals surface area contributed by atoms with Gasteiger partial charge in [-0.2, -0.15) is 0 Å². The van der Waals surface area contributed by atoms with E-state index in [9.17, 15) is 14.4 Å². The molecule has 0 N–H and O–H groups in total. The van der Waals surface area contributed by atoms with E-state index in [1.54, 1.807) is 4.90 Å². The van der Waals surface area contributed by atoms with Crippen LogP contribution in [0.3, 0.4) is 0 Å². The molecule has 5 rings (SSSR count). The van der Waals surface area contributed by atoms with Gasteiger partial charge in [-0.1, -0.05) is 99.3 Å². The van der Waals surface area contributed by atoms with Crippen LogP contribution in [0.1, 0.15) is 90.2 Å². The van der Waals surface area contributed by atoms with Gasteiger partial charge in [0.2, 0.25) is 5.91 Å². The molecule has 0 spiro atoms. The predicted molar refractivity (Wildman–Crippen MR) is 206 cm³/mol. The summed E-state index contributed by atoms with van der Waals surface area (Å²) in [5.41, 5.74) is 3.81. The second kappa shape index (κ2) is 19.1. The van der Waals surface area contributed by atoms with Crippen molar-refractivity contribution in [2.24, 2.45) is 5.92 Å². The van der Waals surface area contributed by atoms with Gasteiger partial charge in [0.05, 0.1) is 18.9 Å². The third-order valence-corrected chi connectivity index (χ3v) is 9.27. The number of aromatic nitrogens is 2. The van der Waals surface area contributed by atoms with Crippen LogP contribution in [0.15, 0.2) is 91.3 Å². The number of nitrogens with zero attached hydrogens (tertiary/aromatic N) is 3. The first kappa shape index (κ1) is 39.2. The van der Waals surface area contributed by atoms with Gasteiger partial charge in [-0.25, -0.2) is 14.8 Å². The molecule has 1 fully saturated rings. The van der Waals surface area contributed by atoms with Crippen molar-refractivity contribution in [2.75, 3.05) is 13.2 Å². The molecular formula is C44H53N3O6. The highest BCUT2D eigenvalue weighted by Gasteiger charge is 2.40. The molecule has 0 unspecified atom stereocenters. The van der Waals surface area contributed by atoms with Gasteiger partial charge in [0.25, 0.3) is 0 Å². The van der Waals surface area contributed by atoms with E-state index in [4.69, 9.17) is 14.2 Å². The van der Waals surface area contributed by atoms with Crippen LogP contribution in [0.4, 0.5) is 0 Å². The number of likely N-dealkylation sites (tertiary alicyclic amines) is 1. The number of hydrogen-bond acceptors (Lipinski definition) is 8. The van der Waals surface area contributed by atoms with E-state index in [0.29, 0.717) is 31.6 Å². The Morgan fingerprint density at radius 2 is 1.49 bits per heavy atom. The highest BCUT2D eigenvalue weighted by atomic mass is 16.6. The van der Waals surface area contributed by atoms with E-state index < -0.39 is 29.5 Å². The Balaban J connectivity index is 1.23. The number of benzene rings is 3. The molecule has 0 bridgehead atoms. The second-order valence-corrected chi connectivity index (χ2v) is 14.8. The molecule has 2 heterocycles. The third-order valence-electron chi connectivity index (χ3n) is 9.27. The highest BCUT2D eigenvalue weighted by Crippen LogP contribution is 2.28. The molecule has 1 aromatic heterocycles. The fourth-order valence-electron chi connectivity index (χ4n) is 6.46. The minimum Gasteiger partial charge on any atom is -0.494 e. The van der Waals surface area contributed by atoms with Gasteiger partial charge in [-0.3, -0.25) is 9.59 Å². The minimum absolute atomic E-state index is 0.109. The second-order valence-electron chi connectivity index (χ2n) is 14.8. The number of carbonyl (C=O) groups excluding carboxylic acids is 3. The zero-order valence-electron chi connectivity index (χ0n) is 31.6. The molecule has 280 valence electrons. The molecule has 1 amide bonds. The van der Waals surface area contributed by atoms with Crippen LogP contribution < -0.4 is 4.74 Å². The number of ether oxygens (including phenoxy) is 3. The summed E-state index contributed by atoms with van der Waals surface area (Å²) in [5, 5.41) is 0. The first-order valence-electron chi connectivity index (χ1n) is 19.0. The Labute approximate surface area is 314 Å². The monoisotopic (exact) mass is 719 g/mol. The van der Waals surface area contributed by atoms with Crippen molar-refractivity contribution in [3.8, 4) is 28.3 Å². The Hall–Kier alpha value is -5.05. The van der Waals surface area contributed by atoms with Gasteiger partial charge in [0, 0.05) is 30.1 Å². The summed E-state index contributed by atoms with van der Waals surface area (Å²) in [7, 11) is 0. The maximum absolute atomic E-state index is 14.1. The largest absolute Gasteiger partial charge is 0.494 e. The molecule has 4 aromatic rings. The van der Waals surface area contributed by atoms with Crippen LogP contribution in [-0.2, 0) is 36.9 Å². The zero-order valence-corrected chi connectivity index (χ0v) is 31.6. The lowest BCUT2D eigenvalue weighted by atomic mass is 9.93. The van der Waals surface area contributed by atoms with Gasteiger partial charge in [0.15, 0.2) is 5.82 Å². The van der Waals surface area contributed by atoms with Gasteiger partial charge in [-0.15, -0.1) is 0 Å². The van der Waals surface area contributed by atoms with Crippen LogP contribution in [0.2, 0.25) is 0 Å². The van der Waals surface area contributed by atoms with Crippen molar-refractivity contribution in [3.05, 3.63) is 102 Å². The van der Waals surface area contributed by atoms with Crippen molar-refractivity contribution in [1.29, 1.82) is 0 Å². The SMILES string of the molecule is CCCCCCCOc1ccc(-c2cnc(-c3ccc(C[C@H](CC(=O)OCc4ccccc4)C(=O)N4CCC[C@H]4C(=O)OC(C)(C)C)cc3)nc2)cc1. The summed E-state index contributed by atoms with van der Waals surface area (Å²) >= 11 is 0. The summed E-state index contributed by atoms with van der Waals surface area (Å²) < 4.78 is 17.1. The van der Waals surface area contributed by atoms with Gasteiger partial charge < -0.3 is 19.1 Å². The molecule has 1 saturated heterocycles. The standard InChI is InChI=1S/C44H53N3O6/c1-5-6-7-8-12-26-51-38-23-21-34(22-24-38)37-29-45-41(46-30-37)35-19-17-32(18-20-35)27-36(28-40(48)52-31-33-14-10-9-11-15-33)42(49)47-25-13-16-39(47)43(50)53-44(2,3)4/h9-11,14-15,17-24,29-30,36,39H,5-8,12-13,16,25-28,31H2,1-4H3/t36-,39+/m1/s1. The van der Waals surface area contributed by atoms with E-state index in [0.717, 1.165) is 46.6 Å². The normalized spacial score (nSPS) is 14.8. The van der Waals surface area contributed by atoms with Crippen LogP contribution >= 0.6 is 0 Å². The number of rotatable bonds is 17. The summed E-state index contributed by atoms with van der Waals surface area (Å²) in [4.78, 5) is 51.1. The van der Waals surface area contributed by atoms with Crippen LogP contribution in [-0.4, -0.2) is 57.5 Å². The number of unbranched alkanes of at least 4 members (excludes halogenated alkanes) is 4. The van der Waals surface area contributed by atoms with Crippen molar-refractivity contribution >= 4 is 17.8 Å². The topological polar surface area (TPSA) is 108 Å². The van der Waals surface area contributed by atoms with Crippen LogP contribution in [0, 0.1) is 5.92 Å².